The van der Waals surface area contributed by atoms with Crippen molar-refractivity contribution >= 4 is 0 Å². The van der Waals surface area contributed by atoms with E-state index < -0.39 is 0 Å². The van der Waals surface area contributed by atoms with Crippen molar-refractivity contribution in [2.24, 2.45) is 0 Å². The first-order valence-electron chi connectivity index (χ1n) is 4.00. The number of fused-ring (bicyclic) bond motifs is 1. The van der Waals surface area contributed by atoms with Crippen molar-refractivity contribution in [3.8, 4) is 0 Å². The average Bonchev–Trinajstić information content (AvgIpc) is 2.05. The third kappa shape index (κ3) is 0.942. The van der Waals surface area contributed by atoms with E-state index in [9.17, 15) is 0 Å². The topological polar surface area (TPSA) is 0 Å². The van der Waals surface area contributed by atoms with Gasteiger partial charge in [-0.15, -0.1) is 0 Å². The summed E-state index contributed by atoms with van der Waals surface area (Å²) in [5, 5.41) is 0. The lowest BCUT2D eigenvalue weighted by atomic mass is 9.89. The molecule has 0 heteroatoms. The molecule has 2 rings (SSSR count). The summed E-state index contributed by atoms with van der Waals surface area (Å²) in [4.78, 5) is 0. The standard InChI is InChI=1S/C10H12/c1-2-6-10-8-4-3-7-9(10)5-1/h1-2,7-8H,3-6H2. The average molecular weight is 132 g/mol. The van der Waals surface area contributed by atoms with Crippen LogP contribution < -0.4 is 0 Å². The second kappa shape index (κ2) is 2.45. The minimum absolute atomic E-state index is 1.17. The second-order valence-electron chi connectivity index (χ2n) is 2.92. The van der Waals surface area contributed by atoms with E-state index in [2.05, 4.69) is 24.3 Å². The largest absolute Gasteiger partial charge is 0.0838 e. The summed E-state index contributed by atoms with van der Waals surface area (Å²) >= 11 is 0. The van der Waals surface area contributed by atoms with E-state index in [1.165, 1.54) is 25.7 Å². The molecule has 0 aromatic carbocycles. The molecule has 0 bridgehead atoms. The van der Waals surface area contributed by atoms with Crippen molar-refractivity contribution in [2.75, 3.05) is 0 Å². The third-order valence-corrected chi connectivity index (χ3v) is 2.20. The third-order valence-electron chi connectivity index (χ3n) is 2.20. The van der Waals surface area contributed by atoms with Gasteiger partial charge in [0, 0.05) is 0 Å². The fraction of sp³-hybridized carbons (Fsp3) is 0.400. The van der Waals surface area contributed by atoms with Crippen LogP contribution in [0, 0.1) is 0 Å². The molecular weight excluding hydrogens is 120 g/mol. The van der Waals surface area contributed by atoms with Gasteiger partial charge in [0.05, 0.1) is 0 Å². The van der Waals surface area contributed by atoms with Gasteiger partial charge >= 0.3 is 0 Å². The van der Waals surface area contributed by atoms with Gasteiger partial charge in [0.25, 0.3) is 0 Å². The molecule has 0 aromatic rings. The maximum absolute atomic E-state index is 2.39. The molecule has 0 nitrogen and oxygen atoms in total. The monoisotopic (exact) mass is 132 g/mol. The molecule has 0 amide bonds. The molecule has 0 atom stereocenters. The van der Waals surface area contributed by atoms with Crippen LogP contribution >= 0.6 is 0 Å². The number of rotatable bonds is 0. The highest BCUT2D eigenvalue weighted by Crippen LogP contribution is 2.28. The smallest absolute Gasteiger partial charge is 0.00978 e. The molecule has 10 heavy (non-hydrogen) atoms. The van der Waals surface area contributed by atoms with Crippen molar-refractivity contribution in [1.82, 2.24) is 0 Å². The van der Waals surface area contributed by atoms with Gasteiger partial charge in [-0.3, -0.25) is 0 Å². The lowest BCUT2D eigenvalue weighted by molar-refractivity contribution is 0.936. The Morgan fingerprint density at radius 1 is 0.800 bits per heavy atom. The van der Waals surface area contributed by atoms with Crippen molar-refractivity contribution in [2.45, 2.75) is 25.7 Å². The highest BCUT2D eigenvalue weighted by Gasteiger charge is 2.08. The molecule has 0 unspecified atom stereocenters. The molecule has 0 saturated heterocycles. The fourth-order valence-corrected chi connectivity index (χ4v) is 1.63. The molecule has 0 saturated carbocycles. The predicted molar refractivity (Wildman–Crippen MR) is 43.8 cm³/mol. The van der Waals surface area contributed by atoms with Crippen molar-refractivity contribution < 1.29 is 0 Å². The van der Waals surface area contributed by atoms with Crippen LogP contribution in [-0.2, 0) is 0 Å². The molecule has 0 N–H and O–H groups in total. The van der Waals surface area contributed by atoms with Crippen LogP contribution in [0.1, 0.15) is 25.7 Å². The van der Waals surface area contributed by atoms with Crippen LogP contribution in [0.5, 0.6) is 0 Å². The van der Waals surface area contributed by atoms with Crippen molar-refractivity contribution in [1.29, 1.82) is 0 Å². The summed E-state index contributed by atoms with van der Waals surface area (Å²) in [5.74, 6) is 0. The van der Waals surface area contributed by atoms with E-state index in [-0.39, 0.29) is 0 Å². The summed E-state index contributed by atoms with van der Waals surface area (Å²) in [5.41, 5.74) is 3.16. The van der Waals surface area contributed by atoms with Crippen molar-refractivity contribution in [3.05, 3.63) is 35.5 Å². The molecule has 0 spiro atoms. The number of allylic oxidation sites excluding steroid dienone is 6. The van der Waals surface area contributed by atoms with Crippen LogP contribution in [0.3, 0.4) is 0 Å². The molecule has 0 radical (unpaired) electrons. The summed E-state index contributed by atoms with van der Waals surface area (Å²) in [6, 6.07) is 0. The molecule has 0 aliphatic heterocycles. The van der Waals surface area contributed by atoms with Gasteiger partial charge in [-0.2, -0.15) is 0 Å². The molecule has 2 aliphatic carbocycles. The lowest BCUT2D eigenvalue weighted by Crippen LogP contribution is -1.97. The summed E-state index contributed by atoms with van der Waals surface area (Å²) in [6.45, 7) is 0. The molecule has 0 aromatic heterocycles. The van der Waals surface area contributed by atoms with Crippen LogP contribution in [0.25, 0.3) is 0 Å². The summed E-state index contributed by atoms with van der Waals surface area (Å²) < 4.78 is 0. The van der Waals surface area contributed by atoms with E-state index in [0.717, 1.165) is 0 Å². The van der Waals surface area contributed by atoms with Gasteiger partial charge in [-0.25, -0.2) is 0 Å². The SMILES string of the molecule is C1=CCC2=CCCC=C2C1. The Morgan fingerprint density at radius 3 is 1.80 bits per heavy atom. The van der Waals surface area contributed by atoms with Gasteiger partial charge < -0.3 is 0 Å². The Kier molecular flexibility index (Phi) is 1.46. The number of hydrogen-bond donors (Lipinski definition) is 0. The van der Waals surface area contributed by atoms with Gasteiger partial charge in [-0.05, 0) is 36.8 Å². The maximum Gasteiger partial charge on any atom is -0.00978 e. The minimum atomic E-state index is 1.17. The Balaban J connectivity index is 2.30. The van der Waals surface area contributed by atoms with Crippen LogP contribution in [0.4, 0.5) is 0 Å². The fourth-order valence-electron chi connectivity index (χ4n) is 1.63. The molecular formula is C10H12. The van der Waals surface area contributed by atoms with Crippen LogP contribution in [0.15, 0.2) is 35.5 Å². The zero-order valence-corrected chi connectivity index (χ0v) is 6.14. The maximum atomic E-state index is 2.39. The Hall–Kier alpha value is -0.780. The highest BCUT2D eigenvalue weighted by molar-refractivity contribution is 5.39. The Bertz CT molecular complexity index is 192. The number of hydrogen-bond acceptors (Lipinski definition) is 0. The van der Waals surface area contributed by atoms with E-state index in [1.54, 1.807) is 11.1 Å². The molecule has 0 fully saturated rings. The van der Waals surface area contributed by atoms with Gasteiger partial charge in [-0.1, -0.05) is 24.3 Å². The zero-order valence-electron chi connectivity index (χ0n) is 6.14. The van der Waals surface area contributed by atoms with Gasteiger partial charge in [0.2, 0.25) is 0 Å². The first kappa shape index (κ1) is 5.96. The van der Waals surface area contributed by atoms with E-state index >= 15 is 0 Å². The zero-order chi connectivity index (χ0) is 6.81. The summed E-state index contributed by atoms with van der Waals surface area (Å²) in [6.07, 6.45) is 14.2. The van der Waals surface area contributed by atoms with Crippen LogP contribution in [-0.4, -0.2) is 0 Å². The summed E-state index contributed by atoms with van der Waals surface area (Å²) in [7, 11) is 0. The second-order valence-corrected chi connectivity index (χ2v) is 2.92. The van der Waals surface area contributed by atoms with E-state index in [0.29, 0.717) is 0 Å². The molecule has 52 valence electrons. The normalized spacial score (nSPS) is 23.2. The quantitative estimate of drug-likeness (QED) is 0.444. The van der Waals surface area contributed by atoms with Gasteiger partial charge in [0.15, 0.2) is 0 Å². The Morgan fingerprint density at radius 2 is 1.30 bits per heavy atom. The molecule has 0 heterocycles. The Labute approximate surface area is 61.9 Å². The lowest BCUT2D eigenvalue weighted by Gasteiger charge is -2.16. The predicted octanol–water partition coefficient (Wildman–Crippen LogP) is 2.98. The minimum Gasteiger partial charge on any atom is -0.0838 e. The van der Waals surface area contributed by atoms with Gasteiger partial charge in [0.1, 0.15) is 0 Å². The first-order chi connectivity index (χ1) is 4.97. The van der Waals surface area contributed by atoms with Crippen LogP contribution in [0.2, 0.25) is 0 Å². The molecule has 2 aliphatic rings. The first-order valence-corrected chi connectivity index (χ1v) is 4.00. The highest BCUT2D eigenvalue weighted by atomic mass is 14.1. The van der Waals surface area contributed by atoms with Crippen molar-refractivity contribution in [3.63, 3.8) is 0 Å². The van der Waals surface area contributed by atoms with E-state index in [1.807, 2.05) is 0 Å². The van der Waals surface area contributed by atoms with E-state index in [4.69, 9.17) is 0 Å².